The van der Waals surface area contributed by atoms with Gasteiger partial charge in [0.2, 0.25) is 5.95 Å². The first-order valence-electron chi connectivity index (χ1n) is 9.27. The Balaban J connectivity index is 1.65. The van der Waals surface area contributed by atoms with E-state index in [0.29, 0.717) is 45.1 Å². The highest BCUT2D eigenvalue weighted by Crippen LogP contribution is 2.28. The highest BCUT2D eigenvalue weighted by Gasteiger charge is 2.49. The first kappa shape index (κ1) is 19.5. The predicted molar refractivity (Wildman–Crippen MR) is 98.1 cm³/mol. The van der Waals surface area contributed by atoms with Gasteiger partial charge in [-0.15, -0.1) is 0 Å². The molecule has 3 heterocycles. The number of esters is 1. The zero-order valence-corrected chi connectivity index (χ0v) is 16.1. The summed E-state index contributed by atoms with van der Waals surface area (Å²) in [5.41, 5.74) is -1.70. The number of rotatable bonds is 3. The number of carbonyl (C=O) groups excluding carboxylic acids is 2. The Morgan fingerprint density at radius 3 is 2.37 bits per heavy atom. The lowest BCUT2D eigenvalue weighted by Crippen LogP contribution is -2.66. The number of ether oxygens (including phenoxy) is 2. The van der Waals surface area contributed by atoms with Crippen LogP contribution in [0.3, 0.4) is 0 Å². The molecule has 3 rings (SSSR count). The van der Waals surface area contributed by atoms with E-state index < -0.39 is 23.4 Å². The molecule has 0 spiro atoms. The van der Waals surface area contributed by atoms with E-state index in [1.807, 2.05) is 4.90 Å². The number of aromatic nitrogens is 2. The third-order valence-corrected chi connectivity index (χ3v) is 4.69. The van der Waals surface area contributed by atoms with Gasteiger partial charge < -0.3 is 14.4 Å². The number of hydrogen-bond donors (Lipinski definition) is 1. The van der Waals surface area contributed by atoms with Crippen LogP contribution in [0.25, 0.3) is 0 Å². The highest BCUT2D eigenvalue weighted by atomic mass is 16.7. The largest absolute Gasteiger partial charge is 0.516 e. The van der Waals surface area contributed by atoms with Gasteiger partial charge in [-0.2, -0.15) is 0 Å². The van der Waals surface area contributed by atoms with Crippen LogP contribution in [-0.4, -0.2) is 71.0 Å². The molecule has 0 bridgehead atoms. The van der Waals surface area contributed by atoms with Crippen LogP contribution in [0.1, 0.15) is 33.6 Å². The molecular weight excluding hydrogens is 350 g/mol. The Bertz CT molecular complexity index is 662. The maximum absolute atomic E-state index is 12.8. The number of anilines is 1. The Kier molecular flexibility index (Phi) is 5.61. The second kappa shape index (κ2) is 7.77. The van der Waals surface area contributed by atoms with Crippen molar-refractivity contribution in [2.24, 2.45) is 0 Å². The summed E-state index contributed by atoms with van der Waals surface area (Å²) in [4.78, 5) is 37.5. The Labute approximate surface area is 159 Å². The summed E-state index contributed by atoms with van der Waals surface area (Å²) in [6, 6.07) is 1.78. The van der Waals surface area contributed by atoms with Gasteiger partial charge in [0.1, 0.15) is 5.60 Å². The van der Waals surface area contributed by atoms with Crippen molar-refractivity contribution < 1.29 is 19.1 Å². The quantitative estimate of drug-likeness (QED) is 0.614. The zero-order valence-electron chi connectivity index (χ0n) is 16.1. The smallest absolute Gasteiger partial charge is 0.428 e. The van der Waals surface area contributed by atoms with Gasteiger partial charge in [0.25, 0.3) is 0 Å². The molecule has 0 aliphatic carbocycles. The van der Waals surface area contributed by atoms with Gasteiger partial charge in [-0.1, -0.05) is 0 Å². The molecule has 0 aromatic carbocycles. The molecule has 148 valence electrons. The topological polar surface area (TPSA) is 96.9 Å². The van der Waals surface area contributed by atoms with Gasteiger partial charge >= 0.3 is 12.1 Å². The van der Waals surface area contributed by atoms with Crippen LogP contribution in [0.15, 0.2) is 18.5 Å². The van der Waals surface area contributed by atoms with Crippen molar-refractivity contribution in [2.75, 3.05) is 37.6 Å². The molecule has 2 saturated heterocycles. The predicted octanol–water partition coefficient (Wildman–Crippen LogP) is 1.16. The van der Waals surface area contributed by atoms with Crippen LogP contribution in [0.4, 0.5) is 10.7 Å². The molecule has 2 aliphatic heterocycles. The summed E-state index contributed by atoms with van der Waals surface area (Å²) < 4.78 is 10.2. The molecule has 0 amide bonds. The normalized spacial score (nSPS) is 23.9. The Hall–Kier alpha value is -2.26. The van der Waals surface area contributed by atoms with E-state index in [1.54, 1.807) is 39.2 Å². The van der Waals surface area contributed by atoms with Crippen molar-refractivity contribution in [1.82, 2.24) is 20.2 Å². The van der Waals surface area contributed by atoms with E-state index in [1.165, 1.54) is 0 Å². The number of nitrogens with one attached hydrogen (secondary N) is 1. The fourth-order valence-corrected chi connectivity index (χ4v) is 3.47. The zero-order chi connectivity index (χ0) is 19.5. The molecule has 1 aromatic rings. The summed E-state index contributed by atoms with van der Waals surface area (Å²) >= 11 is 0. The van der Waals surface area contributed by atoms with Crippen molar-refractivity contribution in [3.05, 3.63) is 18.5 Å². The minimum atomic E-state index is -0.986. The highest BCUT2D eigenvalue weighted by molar-refractivity contribution is 5.89. The van der Waals surface area contributed by atoms with Gasteiger partial charge in [-0.05, 0) is 46.2 Å². The summed E-state index contributed by atoms with van der Waals surface area (Å²) in [5, 5.41) is 3.26. The molecule has 1 N–H and O–H groups in total. The molecule has 0 unspecified atom stereocenters. The molecule has 1 aromatic heterocycles. The van der Waals surface area contributed by atoms with Gasteiger partial charge in [0.15, 0.2) is 5.66 Å². The van der Waals surface area contributed by atoms with Crippen molar-refractivity contribution >= 4 is 18.1 Å². The number of nitrogens with zero attached hydrogens (tertiary/aromatic N) is 4. The summed E-state index contributed by atoms with van der Waals surface area (Å²) in [6.07, 6.45) is 3.90. The van der Waals surface area contributed by atoms with Crippen LogP contribution in [0, 0.1) is 0 Å². The van der Waals surface area contributed by atoms with Gasteiger partial charge in [0.05, 0.1) is 0 Å². The molecule has 1 atom stereocenters. The average Bonchev–Trinajstić information content (AvgIpc) is 3.12. The van der Waals surface area contributed by atoms with Crippen LogP contribution < -0.4 is 10.2 Å². The SMILES string of the molecule is CC(C)(C)OC(=O)OC(=O)[C@@]1(N2CCN(c3ncccn3)CC2)CCCN1. The molecule has 2 aliphatic rings. The molecule has 9 nitrogen and oxygen atoms in total. The second-order valence-corrected chi connectivity index (χ2v) is 7.77. The van der Waals surface area contributed by atoms with Crippen molar-refractivity contribution in [2.45, 2.75) is 44.9 Å². The monoisotopic (exact) mass is 377 g/mol. The molecule has 0 radical (unpaired) electrons. The number of carbonyl (C=O) groups is 2. The summed E-state index contributed by atoms with van der Waals surface area (Å²) in [6.45, 7) is 8.53. The van der Waals surface area contributed by atoms with E-state index in [2.05, 4.69) is 20.2 Å². The Morgan fingerprint density at radius 1 is 1.15 bits per heavy atom. The first-order chi connectivity index (χ1) is 12.8. The van der Waals surface area contributed by atoms with Crippen molar-refractivity contribution in [1.29, 1.82) is 0 Å². The molecule has 9 heteroatoms. The van der Waals surface area contributed by atoms with Crippen LogP contribution >= 0.6 is 0 Å². The lowest BCUT2D eigenvalue weighted by atomic mass is 10.0. The van der Waals surface area contributed by atoms with E-state index in [-0.39, 0.29) is 0 Å². The summed E-state index contributed by atoms with van der Waals surface area (Å²) in [5.74, 6) is 0.0839. The molecule has 0 saturated carbocycles. The van der Waals surface area contributed by atoms with Crippen molar-refractivity contribution in [3.63, 3.8) is 0 Å². The number of piperazine rings is 1. The average molecular weight is 377 g/mol. The fraction of sp³-hybridized carbons (Fsp3) is 0.667. The van der Waals surface area contributed by atoms with Crippen LogP contribution in [0.2, 0.25) is 0 Å². The Morgan fingerprint density at radius 2 is 1.81 bits per heavy atom. The molecular formula is C18H27N5O4. The van der Waals surface area contributed by atoms with E-state index in [9.17, 15) is 9.59 Å². The lowest BCUT2D eigenvalue weighted by Gasteiger charge is -2.43. The lowest BCUT2D eigenvalue weighted by molar-refractivity contribution is -0.157. The maximum Gasteiger partial charge on any atom is 0.516 e. The van der Waals surface area contributed by atoms with E-state index >= 15 is 0 Å². The number of hydrogen-bond acceptors (Lipinski definition) is 9. The molecule has 27 heavy (non-hydrogen) atoms. The van der Waals surface area contributed by atoms with E-state index in [0.717, 1.165) is 6.42 Å². The third-order valence-electron chi connectivity index (χ3n) is 4.69. The maximum atomic E-state index is 12.8. The van der Waals surface area contributed by atoms with Crippen molar-refractivity contribution in [3.8, 4) is 0 Å². The fourth-order valence-electron chi connectivity index (χ4n) is 3.47. The van der Waals surface area contributed by atoms with Crippen LogP contribution in [0.5, 0.6) is 0 Å². The first-order valence-corrected chi connectivity index (χ1v) is 9.27. The van der Waals surface area contributed by atoms with Gasteiger partial charge in [0, 0.05) is 38.6 Å². The summed E-state index contributed by atoms with van der Waals surface area (Å²) in [7, 11) is 0. The molecule has 2 fully saturated rings. The van der Waals surface area contributed by atoms with Gasteiger partial charge in [-0.3, -0.25) is 10.2 Å². The second-order valence-electron chi connectivity index (χ2n) is 7.77. The minimum absolute atomic E-state index is 0.594. The van der Waals surface area contributed by atoms with Crippen LogP contribution in [-0.2, 0) is 14.3 Å². The third kappa shape index (κ3) is 4.54. The van der Waals surface area contributed by atoms with Gasteiger partial charge in [-0.25, -0.2) is 19.6 Å². The van der Waals surface area contributed by atoms with E-state index in [4.69, 9.17) is 9.47 Å². The minimum Gasteiger partial charge on any atom is -0.428 e. The standard InChI is InChI=1S/C18H27N5O4/c1-17(2,3)27-16(25)26-14(24)18(6-4-9-21-18)23-12-10-22(11-13-23)15-19-7-5-8-20-15/h5,7-8,21H,4,6,9-13H2,1-3H3/t18-/m0/s1.